The van der Waals surface area contributed by atoms with Crippen LogP contribution >= 0.6 is 0 Å². The molecule has 5 rings (SSSR count). The Morgan fingerprint density at radius 2 is 1.79 bits per heavy atom. The Morgan fingerprint density at radius 3 is 2.69 bits per heavy atom. The molecule has 0 radical (unpaired) electrons. The van der Waals surface area contributed by atoms with Gasteiger partial charge in [-0.05, 0) is 61.9 Å². The van der Waals surface area contributed by atoms with Crippen molar-refractivity contribution >= 4 is 16.7 Å². The molecule has 0 amide bonds. The monoisotopic (exact) mass is 382 g/mol. The number of aromatic nitrogens is 6. The van der Waals surface area contributed by atoms with Crippen molar-refractivity contribution in [2.75, 3.05) is 0 Å². The van der Waals surface area contributed by atoms with E-state index in [-0.39, 0.29) is 0 Å². The van der Waals surface area contributed by atoms with Gasteiger partial charge >= 0.3 is 0 Å². The van der Waals surface area contributed by atoms with Gasteiger partial charge in [0.15, 0.2) is 0 Å². The third-order valence-corrected chi connectivity index (χ3v) is 5.22. The molecule has 0 aliphatic rings. The topological polar surface area (TPSA) is 60.9 Å². The molecule has 0 bridgehead atoms. The maximum absolute atomic E-state index is 4.48. The lowest BCUT2D eigenvalue weighted by molar-refractivity contribution is 0.717. The van der Waals surface area contributed by atoms with E-state index in [9.17, 15) is 0 Å². The van der Waals surface area contributed by atoms with Crippen LogP contribution in [0.5, 0.6) is 0 Å². The molecule has 4 heterocycles. The minimum Gasteiger partial charge on any atom is -0.286 e. The Labute approximate surface area is 168 Å². The van der Waals surface area contributed by atoms with Crippen LogP contribution in [0.15, 0.2) is 67.5 Å². The zero-order valence-corrected chi connectivity index (χ0v) is 16.4. The third kappa shape index (κ3) is 3.61. The van der Waals surface area contributed by atoms with Gasteiger partial charge in [-0.1, -0.05) is 12.1 Å². The number of hydrogen-bond donors (Lipinski definition) is 0. The van der Waals surface area contributed by atoms with Crippen molar-refractivity contribution < 1.29 is 0 Å². The third-order valence-electron chi connectivity index (χ3n) is 5.22. The van der Waals surface area contributed by atoms with Crippen LogP contribution in [0.3, 0.4) is 0 Å². The van der Waals surface area contributed by atoms with Crippen LogP contribution in [0.25, 0.3) is 22.4 Å². The summed E-state index contributed by atoms with van der Waals surface area (Å²) in [4.78, 5) is 13.3. The molecule has 0 spiro atoms. The van der Waals surface area contributed by atoms with E-state index in [2.05, 4.69) is 54.9 Å². The maximum atomic E-state index is 4.48. The smallest absolute Gasteiger partial charge is 0.234 e. The lowest BCUT2D eigenvalue weighted by Gasteiger charge is -2.06. The van der Waals surface area contributed by atoms with Crippen LogP contribution in [0.1, 0.15) is 29.7 Å². The van der Waals surface area contributed by atoms with E-state index in [1.54, 1.807) is 0 Å². The summed E-state index contributed by atoms with van der Waals surface area (Å²) in [6, 6.07) is 10.7. The average molecular weight is 382 g/mol. The average Bonchev–Trinajstić information content (AvgIpc) is 3.37. The van der Waals surface area contributed by atoms with Crippen LogP contribution in [-0.4, -0.2) is 29.1 Å². The Kier molecular flexibility index (Phi) is 4.52. The minimum absolute atomic E-state index is 0.731. The molecule has 4 aromatic heterocycles. The predicted molar refractivity (Wildman–Crippen MR) is 113 cm³/mol. The highest BCUT2D eigenvalue weighted by Crippen LogP contribution is 2.17. The highest BCUT2D eigenvalue weighted by molar-refractivity contribution is 5.78. The van der Waals surface area contributed by atoms with Crippen LogP contribution in [-0.2, 0) is 12.8 Å². The van der Waals surface area contributed by atoms with Gasteiger partial charge < -0.3 is 0 Å². The molecule has 0 atom stereocenters. The maximum Gasteiger partial charge on any atom is 0.234 e. The van der Waals surface area contributed by atoms with Crippen molar-refractivity contribution in [1.29, 1.82) is 0 Å². The summed E-state index contributed by atoms with van der Waals surface area (Å²) in [7, 11) is 0. The Hall–Kier alpha value is -3.54. The lowest BCUT2D eigenvalue weighted by Crippen LogP contribution is -2.01. The fraction of sp³-hybridized carbons (Fsp3) is 0.217. The molecule has 6 nitrogen and oxygen atoms in total. The summed E-state index contributed by atoms with van der Waals surface area (Å²) < 4.78 is 3.92. The van der Waals surface area contributed by atoms with Crippen LogP contribution in [0, 0.1) is 6.92 Å². The van der Waals surface area contributed by atoms with Crippen molar-refractivity contribution in [1.82, 2.24) is 29.1 Å². The number of benzene rings is 1. The van der Waals surface area contributed by atoms with Gasteiger partial charge in [0, 0.05) is 29.7 Å². The van der Waals surface area contributed by atoms with E-state index in [1.165, 1.54) is 16.6 Å². The molecule has 5 aromatic rings. The SMILES string of the molecule is Cc1cnn(-c2cnc3ncc(CCCCc4ccc5ncccc5c4)n3c2)c1. The Balaban J connectivity index is 1.26. The molecule has 0 unspecified atom stereocenters. The first-order chi connectivity index (χ1) is 14.3. The Bertz CT molecular complexity index is 1280. The highest BCUT2D eigenvalue weighted by atomic mass is 15.3. The van der Waals surface area contributed by atoms with Crippen LogP contribution in [0.2, 0.25) is 0 Å². The largest absolute Gasteiger partial charge is 0.286 e. The van der Waals surface area contributed by atoms with Gasteiger partial charge in [0.1, 0.15) is 0 Å². The number of fused-ring (bicyclic) bond motifs is 2. The van der Waals surface area contributed by atoms with E-state index in [4.69, 9.17) is 0 Å². The van der Waals surface area contributed by atoms with Gasteiger partial charge in [0.05, 0.1) is 29.8 Å². The van der Waals surface area contributed by atoms with Gasteiger partial charge in [0.25, 0.3) is 0 Å². The second-order valence-electron chi connectivity index (χ2n) is 7.43. The molecule has 0 fully saturated rings. The molecule has 29 heavy (non-hydrogen) atoms. The fourth-order valence-corrected chi connectivity index (χ4v) is 3.68. The van der Waals surface area contributed by atoms with E-state index < -0.39 is 0 Å². The zero-order valence-electron chi connectivity index (χ0n) is 16.4. The quantitative estimate of drug-likeness (QED) is 0.410. The summed E-state index contributed by atoms with van der Waals surface area (Å²) in [5.74, 6) is 0.731. The predicted octanol–water partition coefficient (Wildman–Crippen LogP) is 4.34. The molecule has 0 N–H and O–H groups in total. The summed E-state index contributed by atoms with van der Waals surface area (Å²) in [5.41, 5.74) is 5.66. The molecular formula is C23H22N6. The number of rotatable bonds is 6. The summed E-state index contributed by atoms with van der Waals surface area (Å²) in [5, 5.41) is 5.58. The van der Waals surface area contributed by atoms with Gasteiger partial charge in [-0.15, -0.1) is 0 Å². The van der Waals surface area contributed by atoms with Crippen LogP contribution < -0.4 is 0 Å². The molecule has 0 saturated carbocycles. The Morgan fingerprint density at radius 1 is 0.897 bits per heavy atom. The van der Waals surface area contributed by atoms with E-state index in [0.717, 1.165) is 48.2 Å². The van der Waals surface area contributed by atoms with Crippen molar-refractivity contribution in [3.8, 4) is 5.69 Å². The number of hydrogen-bond acceptors (Lipinski definition) is 4. The van der Waals surface area contributed by atoms with Gasteiger partial charge in [0.2, 0.25) is 5.78 Å². The second-order valence-corrected chi connectivity index (χ2v) is 7.43. The summed E-state index contributed by atoms with van der Waals surface area (Å²) in [6.07, 6.45) is 15.8. The van der Waals surface area contributed by atoms with E-state index in [1.807, 2.05) is 48.7 Å². The first-order valence-corrected chi connectivity index (χ1v) is 9.93. The molecule has 1 aromatic carbocycles. The van der Waals surface area contributed by atoms with Crippen molar-refractivity contribution in [3.63, 3.8) is 0 Å². The fourth-order valence-electron chi connectivity index (χ4n) is 3.68. The second kappa shape index (κ2) is 7.47. The highest BCUT2D eigenvalue weighted by Gasteiger charge is 2.07. The molecule has 6 heteroatoms. The van der Waals surface area contributed by atoms with Gasteiger partial charge in [-0.3, -0.25) is 9.38 Å². The molecule has 144 valence electrons. The molecular weight excluding hydrogens is 360 g/mol. The van der Waals surface area contributed by atoms with Gasteiger partial charge in [-0.2, -0.15) is 5.10 Å². The number of nitrogens with zero attached hydrogens (tertiary/aromatic N) is 6. The zero-order chi connectivity index (χ0) is 19.6. The molecule has 0 aliphatic heterocycles. The summed E-state index contributed by atoms with van der Waals surface area (Å²) >= 11 is 0. The van der Waals surface area contributed by atoms with E-state index in [0.29, 0.717) is 0 Å². The number of imidazole rings is 1. The first-order valence-electron chi connectivity index (χ1n) is 9.93. The van der Waals surface area contributed by atoms with Crippen LogP contribution in [0.4, 0.5) is 0 Å². The summed E-state index contributed by atoms with van der Waals surface area (Å²) in [6.45, 7) is 2.03. The van der Waals surface area contributed by atoms with Crippen molar-refractivity contribution in [2.24, 2.45) is 0 Å². The number of unbranched alkanes of at least 4 members (excludes halogenated alkanes) is 1. The van der Waals surface area contributed by atoms with E-state index >= 15 is 0 Å². The normalized spacial score (nSPS) is 11.5. The minimum atomic E-state index is 0.731. The standard InChI is InChI=1S/C23H22N6/c1-17-12-27-29(15-17)21-14-26-23-25-13-20(28(23)16-21)7-3-2-5-18-8-9-22-19(11-18)6-4-10-24-22/h4,6,8-16H,2-3,5,7H2,1H3. The van der Waals surface area contributed by atoms with Crippen molar-refractivity contribution in [3.05, 3.63) is 84.3 Å². The lowest BCUT2D eigenvalue weighted by atomic mass is 10.0. The number of aryl methyl sites for hydroxylation is 3. The first kappa shape index (κ1) is 17.6. The molecule has 0 saturated heterocycles. The number of pyridine rings is 1. The van der Waals surface area contributed by atoms with Crippen molar-refractivity contribution in [2.45, 2.75) is 32.6 Å². The molecule has 0 aliphatic carbocycles. The van der Waals surface area contributed by atoms with Gasteiger partial charge in [-0.25, -0.2) is 14.6 Å².